The first-order valence-electron chi connectivity index (χ1n) is 3.96. The van der Waals surface area contributed by atoms with E-state index in [0.29, 0.717) is 13.0 Å². The molecule has 3 nitrogen and oxygen atoms in total. The zero-order valence-electron chi connectivity index (χ0n) is 6.94. The molecular formula is C8H13NO2. The lowest BCUT2D eigenvalue weighted by atomic mass is 9.82. The van der Waals surface area contributed by atoms with Crippen molar-refractivity contribution in [3.05, 3.63) is 0 Å². The van der Waals surface area contributed by atoms with Crippen molar-refractivity contribution in [2.24, 2.45) is 0 Å². The fourth-order valence-electron chi connectivity index (χ4n) is 2.03. The number of carbonyl (C=O) groups excluding carboxylic acids is 1. The van der Waals surface area contributed by atoms with Crippen molar-refractivity contribution in [3.63, 3.8) is 0 Å². The van der Waals surface area contributed by atoms with Crippen LogP contribution in [0.2, 0.25) is 0 Å². The van der Waals surface area contributed by atoms with E-state index in [9.17, 15) is 4.79 Å². The summed E-state index contributed by atoms with van der Waals surface area (Å²) in [6.45, 7) is 4.81. The van der Waals surface area contributed by atoms with Crippen LogP contribution in [-0.4, -0.2) is 23.7 Å². The topological polar surface area (TPSA) is 38.3 Å². The molecule has 3 heteroatoms. The maximum Gasteiger partial charge on any atom is 0.222 e. The van der Waals surface area contributed by atoms with Crippen LogP contribution in [0.4, 0.5) is 0 Å². The summed E-state index contributed by atoms with van der Waals surface area (Å²) in [5.41, 5.74) is -0.0473. The molecule has 2 aliphatic rings. The normalized spacial score (nSPS) is 40.4. The van der Waals surface area contributed by atoms with Crippen molar-refractivity contribution in [1.82, 2.24) is 5.32 Å². The highest BCUT2D eigenvalue weighted by Gasteiger charge is 2.51. The number of nitrogens with one attached hydrogen (secondary N) is 1. The second-order valence-corrected chi connectivity index (χ2v) is 4.23. The molecule has 1 N–H and O–H groups in total. The number of ether oxygens (including phenoxy) is 1. The van der Waals surface area contributed by atoms with E-state index < -0.39 is 0 Å². The average Bonchev–Trinajstić information content (AvgIpc) is 2.05. The Labute approximate surface area is 66.1 Å². The molecule has 0 radical (unpaired) electrons. The summed E-state index contributed by atoms with van der Waals surface area (Å²) in [4.78, 5) is 10.7. The Morgan fingerprint density at radius 3 is 2.55 bits per heavy atom. The lowest BCUT2D eigenvalue weighted by Crippen LogP contribution is -2.61. The van der Waals surface area contributed by atoms with Gasteiger partial charge in [0.2, 0.25) is 5.91 Å². The first-order valence-corrected chi connectivity index (χ1v) is 3.96. The third-order valence-corrected chi connectivity index (χ3v) is 2.41. The van der Waals surface area contributed by atoms with Gasteiger partial charge in [-0.1, -0.05) is 0 Å². The van der Waals surface area contributed by atoms with Crippen molar-refractivity contribution in [3.8, 4) is 0 Å². The molecule has 1 unspecified atom stereocenters. The molecule has 2 aliphatic heterocycles. The number of β-lactam (4-membered cyclic amide) rings is 1. The molecule has 0 aromatic carbocycles. The van der Waals surface area contributed by atoms with E-state index in [1.807, 2.05) is 0 Å². The Balaban J connectivity index is 2.05. The molecule has 0 aliphatic carbocycles. The van der Waals surface area contributed by atoms with E-state index in [1.54, 1.807) is 0 Å². The molecule has 1 spiro atoms. The first kappa shape index (κ1) is 7.10. The van der Waals surface area contributed by atoms with Gasteiger partial charge in [-0.25, -0.2) is 0 Å². The van der Waals surface area contributed by atoms with E-state index in [1.165, 1.54) is 0 Å². The van der Waals surface area contributed by atoms with E-state index in [2.05, 4.69) is 19.2 Å². The van der Waals surface area contributed by atoms with Gasteiger partial charge in [0.1, 0.15) is 0 Å². The number of rotatable bonds is 0. The predicted octanol–water partition coefficient (Wildman–Crippen LogP) is 0.444. The number of hydrogen-bond donors (Lipinski definition) is 1. The molecule has 1 amide bonds. The van der Waals surface area contributed by atoms with Crippen LogP contribution in [0.15, 0.2) is 0 Å². The zero-order chi connectivity index (χ0) is 8.11. The summed E-state index contributed by atoms with van der Waals surface area (Å²) in [6.07, 6.45) is 1.60. The van der Waals surface area contributed by atoms with Crippen LogP contribution in [0.5, 0.6) is 0 Å². The van der Waals surface area contributed by atoms with Gasteiger partial charge in [-0.15, -0.1) is 0 Å². The van der Waals surface area contributed by atoms with Crippen LogP contribution in [0.3, 0.4) is 0 Å². The van der Waals surface area contributed by atoms with Gasteiger partial charge in [0, 0.05) is 6.42 Å². The Hall–Kier alpha value is -0.570. The molecule has 62 valence electrons. The van der Waals surface area contributed by atoms with Crippen LogP contribution in [0.1, 0.15) is 26.7 Å². The summed E-state index contributed by atoms with van der Waals surface area (Å²) in [6, 6.07) is 0. The lowest BCUT2D eigenvalue weighted by Gasteiger charge is -2.37. The molecule has 2 heterocycles. The van der Waals surface area contributed by atoms with Crippen LogP contribution >= 0.6 is 0 Å². The third-order valence-electron chi connectivity index (χ3n) is 2.41. The van der Waals surface area contributed by atoms with Gasteiger partial charge in [0.05, 0.1) is 24.2 Å². The Bertz CT molecular complexity index is 202. The Morgan fingerprint density at radius 2 is 2.18 bits per heavy atom. The molecule has 0 bridgehead atoms. The van der Waals surface area contributed by atoms with E-state index >= 15 is 0 Å². The van der Waals surface area contributed by atoms with Crippen LogP contribution in [0, 0.1) is 0 Å². The van der Waals surface area contributed by atoms with Gasteiger partial charge >= 0.3 is 0 Å². The van der Waals surface area contributed by atoms with E-state index in [0.717, 1.165) is 6.42 Å². The summed E-state index contributed by atoms with van der Waals surface area (Å²) in [5.74, 6) is 0.159. The van der Waals surface area contributed by atoms with Crippen molar-refractivity contribution in [2.45, 2.75) is 37.8 Å². The molecule has 1 atom stereocenters. The highest BCUT2D eigenvalue weighted by atomic mass is 16.5. The Kier molecular flexibility index (Phi) is 1.15. The van der Waals surface area contributed by atoms with Crippen molar-refractivity contribution >= 4 is 5.91 Å². The third kappa shape index (κ3) is 1.03. The molecule has 0 aromatic heterocycles. The Morgan fingerprint density at radius 1 is 1.55 bits per heavy atom. The maximum atomic E-state index is 10.7. The molecule has 0 aromatic rings. The van der Waals surface area contributed by atoms with Crippen LogP contribution in [0.25, 0.3) is 0 Å². The predicted molar refractivity (Wildman–Crippen MR) is 40.1 cm³/mol. The van der Waals surface area contributed by atoms with Crippen molar-refractivity contribution in [1.29, 1.82) is 0 Å². The summed E-state index contributed by atoms with van der Waals surface area (Å²) >= 11 is 0. The summed E-state index contributed by atoms with van der Waals surface area (Å²) in [7, 11) is 0. The minimum absolute atomic E-state index is 0.000579. The minimum atomic E-state index is -0.0479. The highest BCUT2D eigenvalue weighted by Crippen LogP contribution is 2.38. The summed E-state index contributed by atoms with van der Waals surface area (Å²) < 4.78 is 5.53. The standard InChI is InChI=1S/C8H13NO2/c1-7(2)4-8(5-11-7)3-6(10)9-8/h3-5H2,1-2H3,(H,9,10). The zero-order valence-corrected chi connectivity index (χ0v) is 6.94. The second kappa shape index (κ2) is 1.78. The average molecular weight is 155 g/mol. The minimum Gasteiger partial charge on any atom is -0.373 e. The van der Waals surface area contributed by atoms with E-state index in [4.69, 9.17) is 4.74 Å². The highest BCUT2D eigenvalue weighted by molar-refractivity contribution is 5.85. The van der Waals surface area contributed by atoms with Gasteiger partial charge < -0.3 is 10.1 Å². The summed E-state index contributed by atoms with van der Waals surface area (Å²) in [5, 5.41) is 2.91. The quantitative estimate of drug-likeness (QED) is 0.516. The largest absolute Gasteiger partial charge is 0.373 e. The molecule has 2 fully saturated rings. The molecule has 2 saturated heterocycles. The van der Waals surface area contributed by atoms with Gasteiger partial charge in [-0.05, 0) is 13.8 Å². The van der Waals surface area contributed by atoms with Gasteiger partial charge in [0.15, 0.2) is 0 Å². The van der Waals surface area contributed by atoms with Gasteiger partial charge in [-0.3, -0.25) is 4.79 Å². The number of carbonyl (C=O) groups is 1. The molecule has 2 rings (SSSR count). The fourth-order valence-corrected chi connectivity index (χ4v) is 2.03. The number of amides is 1. The van der Waals surface area contributed by atoms with E-state index in [-0.39, 0.29) is 17.0 Å². The van der Waals surface area contributed by atoms with Gasteiger partial charge in [0.25, 0.3) is 0 Å². The maximum absolute atomic E-state index is 10.7. The molecule has 11 heavy (non-hydrogen) atoms. The molecular weight excluding hydrogens is 142 g/mol. The monoisotopic (exact) mass is 155 g/mol. The fraction of sp³-hybridized carbons (Fsp3) is 0.875. The lowest BCUT2D eigenvalue weighted by molar-refractivity contribution is -0.132. The molecule has 0 saturated carbocycles. The van der Waals surface area contributed by atoms with Gasteiger partial charge in [-0.2, -0.15) is 0 Å². The van der Waals surface area contributed by atoms with Crippen molar-refractivity contribution in [2.75, 3.05) is 6.61 Å². The van der Waals surface area contributed by atoms with Crippen LogP contribution in [-0.2, 0) is 9.53 Å². The first-order chi connectivity index (χ1) is 5.02. The van der Waals surface area contributed by atoms with Crippen molar-refractivity contribution < 1.29 is 9.53 Å². The SMILES string of the molecule is CC1(C)CC2(CO1)CC(=O)N2. The smallest absolute Gasteiger partial charge is 0.222 e. The second-order valence-electron chi connectivity index (χ2n) is 4.23. The number of hydrogen-bond acceptors (Lipinski definition) is 2. The van der Waals surface area contributed by atoms with Crippen LogP contribution < -0.4 is 5.32 Å².